The molecule has 2 rings (SSSR count). The molecule has 1 N–H and O–H groups in total. The molecule has 0 aliphatic carbocycles. The van der Waals surface area contributed by atoms with Gasteiger partial charge in [0.2, 0.25) is 0 Å². The minimum atomic E-state index is -1.03. The number of rotatable bonds is 4. The zero-order chi connectivity index (χ0) is 14.0. The third kappa shape index (κ3) is 2.91. The van der Waals surface area contributed by atoms with Gasteiger partial charge in [-0.15, -0.1) is 0 Å². The average molecular weight is 303 g/mol. The van der Waals surface area contributed by atoms with Crippen LogP contribution in [0.4, 0.5) is 4.39 Å². The van der Waals surface area contributed by atoms with E-state index < -0.39 is 11.9 Å². The van der Waals surface area contributed by atoms with Crippen LogP contribution in [0, 0.1) is 5.82 Å². The van der Waals surface area contributed by atoms with Gasteiger partial charge in [-0.05, 0) is 18.6 Å². The van der Waals surface area contributed by atoms with E-state index in [1.807, 2.05) is 6.92 Å². The molecular formula is C13H13Cl2FN2O. The number of halogens is 3. The van der Waals surface area contributed by atoms with Gasteiger partial charge in [-0.2, -0.15) is 5.10 Å². The smallest absolute Gasteiger partial charge is 0.124 e. The molecule has 0 amide bonds. The molecular weight excluding hydrogens is 290 g/mol. The van der Waals surface area contributed by atoms with Crippen LogP contribution >= 0.6 is 23.2 Å². The Morgan fingerprint density at radius 2 is 2.11 bits per heavy atom. The summed E-state index contributed by atoms with van der Waals surface area (Å²) in [6.07, 6.45) is 1.30. The van der Waals surface area contributed by atoms with Crippen molar-refractivity contribution in [3.63, 3.8) is 0 Å². The van der Waals surface area contributed by atoms with Crippen LogP contribution in [-0.4, -0.2) is 14.9 Å². The predicted octanol–water partition coefficient (Wildman–Crippen LogP) is 3.82. The number of aromatic nitrogens is 2. The summed E-state index contributed by atoms with van der Waals surface area (Å²) in [6, 6.07) is 3.86. The van der Waals surface area contributed by atoms with Crippen molar-refractivity contribution in [3.05, 3.63) is 51.5 Å². The van der Waals surface area contributed by atoms with Gasteiger partial charge in [0.1, 0.15) is 11.9 Å². The summed E-state index contributed by atoms with van der Waals surface area (Å²) >= 11 is 12.0. The summed E-state index contributed by atoms with van der Waals surface area (Å²) in [5.74, 6) is -0.450. The van der Waals surface area contributed by atoms with Crippen LogP contribution in [0.5, 0.6) is 0 Å². The van der Waals surface area contributed by atoms with E-state index in [4.69, 9.17) is 23.2 Å². The van der Waals surface area contributed by atoms with Crippen molar-refractivity contribution in [1.82, 2.24) is 9.78 Å². The number of aliphatic hydroxyl groups is 1. The standard InChI is InChI=1S/C13H13Cl2FN2O/c1-2-5-18-12(11(15)7-17-18)13(19)9-4-3-8(16)6-10(9)14/h3-4,6-7,13,19H,2,5H2,1H3. The number of hydrogen-bond donors (Lipinski definition) is 1. The van der Waals surface area contributed by atoms with Crippen LogP contribution in [0.25, 0.3) is 0 Å². The lowest BCUT2D eigenvalue weighted by atomic mass is 10.1. The first-order valence-corrected chi connectivity index (χ1v) is 6.64. The van der Waals surface area contributed by atoms with Crippen molar-refractivity contribution in [2.24, 2.45) is 0 Å². The van der Waals surface area contributed by atoms with Crippen molar-refractivity contribution in [3.8, 4) is 0 Å². The van der Waals surface area contributed by atoms with Crippen molar-refractivity contribution < 1.29 is 9.50 Å². The normalized spacial score (nSPS) is 12.7. The van der Waals surface area contributed by atoms with Gasteiger partial charge in [0.15, 0.2) is 0 Å². The van der Waals surface area contributed by atoms with Gasteiger partial charge in [0.25, 0.3) is 0 Å². The highest BCUT2D eigenvalue weighted by atomic mass is 35.5. The SMILES string of the molecule is CCCn1ncc(Cl)c1C(O)c1ccc(F)cc1Cl. The maximum Gasteiger partial charge on any atom is 0.124 e. The molecule has 0 bridgehead atoms. The highest BCUT2D eigenvalue weighted by molar-refractivity contribution is 6.32. The molecule has 1 heterocycles. The van der Waals surface area contributed by atoms with Gasteiger partial charge in [-0.3, -0.25) is 4.68 Å². The molecule has 102 valence electrons. The molecule has 0 aliphatic rings. The van der Waals surface area contributed by atoms with E-state index in [1.54, 1.807) is 4.68 Å². The maximum atomic E-state index is 13.0. The predicted molar refractivity (Wildman–Crippen MR) is 73.0 cm³/mol. The molecule has 0 saturated carbocycles. The van der Waals surface area contributed by atoms with Crippen molar-refractivity contribution >= 4 is 23.2 Å². The lowest BCUT2D eigenvalue weighted by Crippen LogP contribution is -2.11. The number of benzene rings is 1. The molecule has 6 heteroatoms. The molecule has 3 nitrogen and oxygen atoms in total. The summed E-state index contributed by atoms with van der Waals surface area (Å²) in [4.78, 5) is 0. The molecule has 1 aromatic carbocycles. The van der Waals surface area contributed by atoms with E-state index in [9.17, 15) is 9.50 Å². The molecule has 0 fully saturated rings. The third-order valence-corrected chi connectivity index (χ3v) is 3.40. The highest BCUT2D eigenvalue weighted by Crippen LogP contribution is 2.32. The van der Waals surface area contributed by atoms with Crippen LogP contribution in [0.1, 0.15) is 30.7 Å². The van der Waals surface area contributed by atoms with Gasteiger partial charge in [-0.1, -0.05) is 36.2 Å². The van der Waals surface area contributed by atoms with Gasteiger partial charge >= 0.3 is 0 Å². The zero-order valence-corrected chi connectivity index (χ0v) is 11.8. The number of aliphatic hydroxyl groups excluding tert-OH is 1. The Kier molecular flexibility index (Phi) is 4.45. The Bertz CT molecular complexity index is 586. The van der Waals surface area contributed by atoms with E-state index in [0.717, 1.165) is 12.5 Å². The molecule has 1 unspecified atom stereocenters. The zero-order valence-electron chi connectivity index (χ0n) is 10.3. The van der Waals surface area contributed by atoms with Crippen LogP contribution in [0.2, 0.25) is 10.0 Å². The largest absolute Gasteiger partial charge is 0.382 e. The van der Waals surface area contributed by atoms with E-state index in [1.165, 1.54) is 18.3 Å². The first-order chi connectivity index (χ1) is 9.04. The fourth-order valence-electron chi connectivity index (χ4n) is 1.90. The van der Waals surface area contributed by atoms with E-state index in [2.05, 4.69) is 5.10 Å². The summed E-state index contributed by atoms with van der Waals surface area (Å²) in [5.41, 5.74) is 0.875. The second kappa shape index (κ2) is 5.90. The number of nitrogens with zero attached hydrogens (tertiary/aromatic N) is 2. The fraction of sp³-hybridized carbons (Fsp3) is 0.308. The Hall–Kier alpha value is -1.10. The molecule has 0 spiro atoms. The third-order valence-electron chi connectivity index (χ3n) is 2.78. The first-order valence-electron chi connectivity index (χ1n) is 5.88. The minimum absolute atomic E-state index is 0.160. The number of aryl methyl sites for hydroxylation is 1. The lowest BCUT2D eigenvalue weighted by Gasteiger charge is -2.15. The van der Waals surface area contributed by atoms with Gasteiger partial charge in [-0.25, -0.2) is 4.39 Å². The van der Waals surface area contributed by atoms with Crippen LogP contribution in [-0.2, 0) is 6.54 Å². The van der Waals surface area contributed by atoms with Gasteiger partial charge in [0.05, 0.1) is 16.9 Å². The highest BCUT2D eigenvalue weighted by Gasteiger charge is 2.21. The topological polar surface area (TPSA) is 38.0 Å². The maximum absolute atomic E-state index is 13.0. The molecule has 19 heavy (non-hydrogen) atoms. The van der Waals surface area contributed by atoms with Gasteiger partial charge < -0.3 is 5.11 Å². The summed E-state index contributed by atoms with van der Waals surface area (Å²) in [5, 5.41) is 15.0. The lowest BCUT2D eigenvalue weighted by molar-refractivity contribution is 0.207. The van der Waals surface area contributed by atoms with E-state index in [-0.39, 0.29) is 5.02 Å². The molecule has 1 atom stereocenters. The molecule has 1 aromatic heterocycles. The monoisotopic (exact) mass is 302 g/mol. The fourth-order valence-corrected chi connectivity index (χ4v) is 2.42. The summed E-state index contributed by atoms with van der Waals surface area (Å²) < 4.78 is 14.7. The Balaban J connectivity index is 2.43. The Morgan fingerprint density at radius 1 is 1.37 bits per heavy atom. The molecule has 0 saturated heterocycles. The van der Waals surface area contributed by atoms with Crippen molar-refractivity contribution in [2.45, 2.75) is 26.0 Å². The van der Waals surface area contributed by atoms with Crippen LogP contribution in [0.15, 0.2) is 24.4 Å². The second-order valence-corrected chi connectivity index (χ2v) is 4.98. The minimum Gasteiger partial charge on any atom is -0.382 e. The average Bonchev–Trinajstić information content (AvgIpc) is 2.70. The molecule has 0 aliphatic heterocycles. The second-order valence-electron chi connectivity index (χ2n) is 4.17. The van der Waals surface area contributed by atoms with Crippen molar-refractivity contribution in [1.29, 1.82) is 0 Å². The number of hydrogen-bond acceptors (Lipinski definition) is 2. The quantitative estimate of drug-likeness (QED) is 0.932. The first kappa shape index (κ1) is 14.3. The summed E-state index contributed by atoms with van der Waals surface area (Å²) in [7, 11) is 0. The van der Waals surface area contributed by atoms with E-state index >= 15 is 0 Å². The Morgan fingerprint density at radius 3 is 2.74 bits per heavy atom. The van der Waals surface area contributed by atoms with Crippen LogP contribution < -0.4 is 0 Å². The van der Waals surface area contributed by atoms with Gasteiger partial charge in [0, 0.05) is 17.1 Å². The van der Waals surface area contributed by atoms with Crippen molar-refractivity contribution in [2.75, 3.05) is 0 Å². The molecule has 0 radical (unpaired) electrons. The van der Waals surface area contributed by atoms with E-state index in [0.29, 0.717) is 22.8 Å². The molecule has 2 aromatic rings. The Labute approximate surface area is 120 Å². The summed E-state index contributed by atoms with van der Waals surface area (Å²) in [6.45, 7) is 2.63. The van der Waals surface area contributed by atoms with Crippen LogP contribution in [0.3, 0.4) is 0 Å².